The minimum Gasteiger partial charge on any atom is -0.0885 e. The molecule has 2 rings (SSSR count). The molecule has 0 atom stereocenters. The Kier molecular flexibility index (Phi) is 10.4. The Balaban J connectivity index is 0.000000225. The number of hydrogen-bond donors (Lipinski definition) is 0. The van der Waals surface area contributed by atoms with Crippen LogP contribution >= 0.6 is 0 Å². The average Bonchev–Trinajstić information content (AvgIpc) is 2.42. The van der Waals surface area contributed by atoms with Crippen LogP contribution < -0.4 is 0 Å². The maximum absolute atomic E-state index is 2.38. The summed E-state index contributed by atoms with van der Waals surface area (Å²) in [5.74, 6) is 0. The van der Waals surface area contributed by atoms with Crippen LogP contribution in [-0.2, 0) is 0 Å². The summed E-state index contributed by atoms with van der Waals surface area (Å²) in [7, 11) is 0. The van der Waals surface area contributed by atoms with Crippen LogP contribution in [0.5, 0.6) is 0 Å². The van der Waals surface area contributed by atoms with E-state index in [0.29, 0.717) is 0 Å². The fourth-order valence-corrected chi connectivity index (χ4v) is 2.21. The quantitative estimate of drug-likeness (QED) is 0.480. The van der Waals surface area contributed by atoms with E-state index in [9.17, 15) is 0 Å². The Hall–Kier alpha value is -1.04. The number of rotatable bonds is 0. The number of benzene rings is 1. The normalized spacial score (nSPS) is 17.8. The number of allylic oxidation sites excluding steroid dienone is 2. The molecule has 0 heteroatoms. The van der Waals surface area contributed by atoms with Crippen molar-refractivity contribution in [3.8, 4) is 0 Å². The van der Waals surface area contributed by atoms with Crippen LogP contribution in [0.25, 0.3) is 0 Å². The predicted octanol–water partition coefficient (Wildman–Crippen LogP) is 6.14. The highest BCUT2D eigenvalue weighted by atomic mass is 14.0. The van der Waals surface area contributed by atoms with Crippen LogP contribution in [0.1, 0.15) is 64.2 Å². The Bertz CT molecular complexity index is 233. The van der Waals surface area contributed by atoms with Gasteiger partial charge in [0, 0.05) is 0 Å². The van der Waals surface area contributed by atoms with E-state index < -0.39 is 0 Å². The Morgan fingerprint density at radius 3 is 0.944 bits per heavy atom. The van der Waals surface area contributed by atoms with E-state index in [0.717, 1.165) is 0 Å². The summed E-state index contributed by atoms with van der Waals surface area (Å²) in [6, 6.07) is 12.0. The van der Waals surface area contributed by atoms with E-state index >= 15 is 0 Å². The summed E-state index contributed by atoms with van der Waals surface area (Å²) in [6.07, 6.45) is 19.0. The van der Waals surface area contributed by atoms with Gasteiger partial charge in [-0.25, -0.2) is 0 Å². The third-order valence-corrected chi connectivity index (χ3v) is 3.32. The van der Waals surface area contributed by atoms with E-state index in [-0.39, 0.29) is 0 Å². The molecule has 0 bridgehead atoms. The Labute approximate surface area is 113 Å². The zero-order chi connectivity index (χ0) is 12.7. The van der Waals surface area contributed by atoms with E-state index in [1.165, 1.54) is 64.2 Å². The topological polar surface area (TPSA) is 0 Å². The first-order valence-electron chi connectivity index (χ1n) is 7.65. The molecule has 1 aliphatic carbocycles. The van der Waals surface area contributed by atoms with Crippen LogP contribution in [0, 0.1) is 0 Å². The summed E-state index contributed by atoms with van der Waals surface area (Å²) < 4.78 is 0. The fourth-order valence-electron chi connectivity index (χ4n) is 2.21. The molecule has 0 saturated carbocycles. The molecule has 0 aromatic heterocycles. The highest BCUT2D eigenvalue weighted by molar-refractivity contribution is 4.99. The second kappa shape index (κ2) is 12.4. The first kappa shape index (κ1) is 15.0. The molecule has 0 N–H and O–H groups in total. The van der Waals surface area contributed by atoms with Crippen molar-refractivity contribution in [3.05, 3.63) is 48.6 Å². The molecule has 0 nitrogen and oxygen atoms in total. The van der Waals surface area contributed by atoms with Gasteiger partial charge in [-0.15, -0.1) is 0 Å². The highest BCUT2D eigenvalue weighted by Crippen LogP contribution is 2.12. The first-order chi connectivity index (χ1) is 9.00. The van der Waals surface area contributed by atoms with Gasteiger partial charge in [0.25, 0.3) is 0 Å². The molecule has 0 unspecified atom stereocenters. The van der Waals surface area contributed by atoms with Crippen molar-refractivity contribution in [3.63, 3.8) is 0 Å². The lowest BCUT2D eigenvalue weighted by Gasteiger charge is -2.02. The minimum absolute atomic E-state index is 1.32. The lowest BCUT2D eigenvalue weighted by atomic mass is 10.0. The maximum atomic E-state index is 2.38. The van der Waals surface area contributed by atoms with Gasteiger partial charge in [-0.1, -0.05) is 87.1 Å². The van der Waals surface area contributed by atoms with Crippen LogP contribution in [0.2, 0.25) is 0 Å². The van der Waals surface area contributed by atoms with Gasteiger partial charge in [0.2, 0.25) is 0 Å². The molecular weight excluding hydrogens is 216 g/mol. The molecule has 0 spiro atoms. The Morgan fingerprint density at radius 1 is 0.333 bits per heavy atom. The third kappa shape index (κ3) is 10.1. The van der Waals surface area contributed by atoms with E-state index in [4.69, 9.17) is 0 Å². The molecule has 18 heavy (non-hydrogen) atoms. The molecule has 1 aliphatic rings. The van der Waals surface area contributed by atoms with Crippen molar-refractivity contribution in [1.29, 1.82) is 0 Å². The zero-order valence-corrected chi connectivity index (χ0v) is 11.7. The summed E-state index contributed by atoms with van der Waals surface area (Å²) in [6.45, 7) is 0. The summed E-state index contributed by atoms with van der Waals surface area (Å²) >= 11 is 0. The van der Waals surface area contributed by atoms with Crippen LogP contribution in [-0.4, -0.2) is 0 Å². The Morgan fingerprint density at radius 2 is 0.611 bits per heavy atom. The number of hydrogen-bond acceptors (Lipinski definition) is 0. The average molecular weight is 244 g/mol. The van der Waals surface area contributed by atoms with Gasteiger partial charge in [0.05, 0.1) is 0 Å². The van der Waals surface area contributed by atoms with Gasteiger partial charge in [-0.3, -0.25) is 0 Å². The van der Waals surface area contributed by atoms with Crippen LogP contribution in [0.15, 0.2) is 48.6 Å². The van der Waals surface area contributed by atoms with Gasteiger partial charge in [-0.2, -0.15) is 0 Å². The molecule has 0 aliphatic heterocycles. The summed E-state index contributed by atoms with van der Waals surface area (Å²) in [4.78, 5) is 0. The second-order valence-electron chi connectivity index (χ2n) is 5.03. The molecule has 0 fully saturated rings. The molecule has 1 aromatic carbocycles. The molecule has 0 heterocycles. The van der Waals surface area contributed by atoms with Crippen LogP contribution in [0.3, 0.4) is 0 Å². The lowest BCUT2D eigenvalue weighted by Crippen LogP contribution is -1.82. The molecule has 1 aromatic rings. The molecule has 0 saturated heterocycles. The second-order valence-corrected chi connectivity index (χ2v) is 5.03. The predicted molar refractivity (Wildman–Crippen MR) is 81.8 cm³/mol. The lowest BCUT2D eigenvalue weighted by molar-refractivity contribution is 0.566. The van der Waals surface area contributed by atoms with E-state index in [1.54, 1.807) is 0 Å². The fraction of sp³-hybridized carbons (Fsp3) is 0.556. The van der Waals surface area contributed by atoms with Crippen molar-refractivity contribution < 1.29 is 0 Å². The molecule has 0 amide bonds. The van der Waals surface area contributed by atoms with Crippen molar-refractivity contribution in [2.45, 2.75) is 64.2 Å². The van der Waals surface area contributed by atoms with Gasteiger partial charge >= 0.3 is 0 Å². The highest BCUT2D eigenvalue weighted by Gasteiger charge is 1.92. The summed E-state index contributed by atoms with van der Waals surface area (Å²) in [5.41, 5.74) is 0. The standard InChI is InChI=1S/C12H22.C6H6/c1-2-4-6-8-10-12-11-9-7-5-3-1;1-2-4-6-5-3-1/h1-2H,3-12H2;1-6H. The largest absolute Gasteiger partial charge is 0.0885 e. The van der Waals surface area contributed by atoms with Crippen molar-refractivity contribution >= 4 is 0 Å². The van der Waals surface area contributed by atoms with E-state index in [1.807, 2.05) is 36.4 Å². The minimum atomic E-state index is 1.32. The third-order valence-electron chi connectivity index (χ3n) is 3.32. The smallest absolute Gasteiger partial charge is 0.0351 e. The van der Waals surface area contributed by atoms with Crippen molar-refractivity contribution in [2.24, 2.45) is 0 Å². The van der Waals surface area contributed by atoms with Gasteiger partial charge in [0.1, 0.15) is 0 Å². The van der Waals surface area contributed by atoms with Gasteiger partial charge in [-0.05, 0) is 25.7 Å². The van der Waals surface area contributed by atoms with Crippen LogP contribution in [0.4, 0.5) is 0 Å². The molecular formula is C18H28. The van der Waals surface area contributed by atoms with E-state index in [2.05, 4.69) is 12.2 Å². The first-order valence-corrected chi connectivity index (χ1v) is 7.65. The summed E-state index contributed by atoms with van der Waals surface area (Å²) in [5, 5.41) is 0. The van der Waals surface area contributed by atoms with Gasteiger partial charge < -0.3 is 0 Å². The SMILES string of the molecule is C1=CCCCCCCCCCC1.c1ccccc1. The molecule has 0 radical (unpaired) electrons. The van der Waals surface area contributed by atoms with Gasteiger partial charge in [0.15, 0.2) is 0 Å². The zero-order valence-electron chi connectivity index (χ0n) is 11.7. The van der Waals surface area contributed by atoms with Crippen molar-refractivity contribution in [1.82, 2.24) is 0 Å². The monoisotopic (exact) mass is 244 g/mol. The van der Waals surface area contributed by atoms with Crippen molar-refractivity contribution in [2.75, 3.05) is 0 Å². The maximum Gasteiger partial charge on any atom is -0.0351 e. The molecule has 100 valence electrons.